The maximum absolute atomic E-state index is 12.4. The van der Waals surface area contributed by atoms with Gasteiger partial charge in [-0.25, -0.2) is 9.97 Å². The summed E-state index contributed by atoms with van der Waals surface area (Å²) in [6, 6.07) is 8.49. The molecule has 9 heteroatoms. The van der Waals surface area contributed by atoms with E-state index in [0.29, 0.717) is 18.8 Å². The van der Waals surface area contributed by atoms with Crippen LogP contribution in [0.15, 0.2) is 42.7 Å². The Morgan fingerprint density at radius 3 is 2.40 bits per heavy atom. The summed E-state index contributed by atoms with van der Waals surface area (Å²) < 4.78 is 0. The Bertz CT molecular complexity index is 799. The quantitative estimate of drug-likeness (QED) is 0.318. The monoisotopic (exact) mass is 415 g/mol. The number of carbonyl (C=O) groups excluding carboxylic acids is 1. The van der Waals surface area contributed by atoms with Gasteiger partial charge in [0.2, 0.25) is 5.91 Å². The molecule has 0 aliphatic rings. The average Bonchev–Trinajstić information content (AvgIpc) is 2.74. The normalized spacial score (nSPS) is 14.0. The first-order valence-corrected chi connectivity index (χ1v) is 9.89. The number of aliphatic hydroxyl groups is 1. The van der Waals surface area contributed by atoms with Crippen LogP contribution in [0.3, 0.4) is 0 Å². The number of aryl methyl sites for hydroxylation is 1. The lowest BCUT2D eigenvalue weighted by molar-refractivity contribution is -0.137. The smallest absolute Gasteiger partial charge is 0.303 e. The Morgan fingerprint density at radius 2 is 1.80 bits per heavy atom. The Hall–Kier alpha value is -2.88. The fourth-order valence-electron chi connectivity index (χ4n) is 2.84. The lowest BCUT2D eigenvalue weighted by atomic mass is 10.1. The predicted octanol–water partition coefficient (Wildman–Crippen LogP) is 0.681. The van der Waals surface area contributed by atoms with Crippen molar-refractivity contribution in [3.8, 4) is 11.4 Å². The van der Waals surface area contributed by atoms with E-state index in [9.17, 15) is 14.7 Å². The number of amides is 1. The van der Waals surface area contributed by atoms with Gasteiger partial charge in [-0.05, 0) is 31.4 Å². The van der Waals surface area contributed by atoms with Crippen LogP contribution >= 0.6 is 0 Å². The summed E-state index contributed by atoms with van der Waals surface area (Å²) in [6.45, 7) is 2.12. The zero-order valence-electron chi connectivity index (χ0n) is 17.0. The van der Waals surface area contributed by atoms with Gasteiger partial charge in [0.15, 0.2) is 5.82 Å². The summed E-state index contributed by atoms with van der Waals surface area (Å²) in [5, 5.41) is 24.7. The molecule has 9 nitrogen and oxygen atoms in total. The molecule has 0 spiro atoms. The summed E-state index contributed by atoms with van der Waals surface area (Å²) in [7, 11) is 0. The molecule has 162 valence electrons. The van der Waals surface area contributed by atoms with E-state index in [4.69, 9.17) is 10.8 Å². The highest BCUT2D eigenvalue weighted by Gasteiger charge is 2.22. The number of nitrogens with two attached hydrogens (primary N) is 1. The summed E-state index contributed by atoms with van der Waals surface area (Å²) >= 11 is 0. The minimum atomic E-state index is -1.08. The van der Waals surface area contributed by atoms with Crippen LogP contribution in [0.5, 0.6) is 0 Å². The highest BCUT2D eigenvalue weighted by molar-refractivity contribution is 5.76. The van der Waals surface area contributed by atoms with Crippen LogP contribution in [-0.4, -0.2) is 56.9 Å². The molecular weight excluding hydrogens is 386 g/mol. The first-order chi connectivity index (χ1) is 14.3. The van der Waals surface area contributed by atoms with E-state index in [0.717, 1.165) is 11.1 Å². The number of benzene rings is 1. The van der Waals surface area contributed by atoms with Gasteiger partial charge in [-0.3, -0.25) is 14.9 Å². The number of hydrogen-bond donors (Lipinski definition) is 5. The van der Waals surface area contributed by atoms with Gasteiger partial charge in [0.1, 0.15) is 6.23 Å². The van der Waals surface area contributed by atoms with Crippen LogP contribution in [0.25, 0.3) is 11.4 Å². The maximum Gasteiger partial charge on any atom is 0.303 e. The molecule has 0 saturated carbocycles. The second-order valence-corrected chi connectivity index (χ2v) is 7.21. The molecule has 0 bridgehead atoms. The molecule has 2 aromatic rings. The second-order valence-electron chi connectivity index (χ2n) is 7.21. The van der Waals surface area contributed by atoms with Crippen LogP contribution < -0.4 is 16.4 Å². The molecular formula is C21H29N5O4. The Balaban J connectivity index is 1.88. The van der Waals surface area contributed by atoms with E-state index in [-0.39, 0.29) is 31.2 Å². The minimum Gasteiger partial charge on any atom is -0.481 e. The van der Waals surface area contributed by atoms with Crippen molar-refractivity contribution >= 4 is 11.9 Å². The van der Waals surface area contributed by atoms with E-state index < -0.39 is 18.2 Å². The van der Waals surface area contributed by atoms with Crippen LogP contribution in [0.2, 0.25) is 0 Å². The third-order valence-corrected chi connectivity index (χ3v) is 4.46. The molecule has 3 unspecified atom stereocenters. The van der Waals surface area contributed by atoms with Gasteiger partial charge < -0.3 is 21.3 Å². The molecule has 0 saturated heterocycles. The van der Waals surface area contributed by atoms with Crippen LogP contribution in [0, 0.1) is 0 Å². The van der Waals surface area contributed by atoms with Gasteiger partial charge in [0.05, 0.1) is 6.04 Å². The molecule has 0 aliphatic heterocycles. The van der Waals surface area contributed by atoms with Gasteiger partial charge in [-0.2, -0.15) is 0 Å². The molecule has 1 amide bonds. The number of hydrogen-bond acceptors (Lipinski definition) is 7. The highest BCUT2D eigenvalue weighted by atomic mass is 16.4. The number of carboxylic acids is 1. The predicted molar refractivity (Wildman–Crippen MR) is 112 cm³/mol. The Morgan fingerprint density at radius 1 is 1.13 bits per heavy atom. The zero-order valence-corrected chi connectivity index (χ0v) is 17.0. The summed E-state index contributed by atoms with van der Waals surface area (Å²) in [5.41, 5.74) is 7.53. The molecule has 0 radical (unpaired) electrons. The van der Waals surface area contributed by atoms with Crippen LogP contribution in [0.1, 0.15) is 31.7 Å². The van der Waals surface area contributed by atoms with Crippen molar-refractivity contribution < 1.29 is 19.8 Å². The van der Waals surface area contributed by atoms with Crippen molar-refractivity contribution in [3.63, 3.8) is 0 Å². The standard InChI is InChI=1S/C21H29N5O4/c1-14(22)13-25-21(30)17(8-10-19(28)29)26-18(27)9-5-15-3-6-16(7-4-15)20-23-11-2-12-24-20/h2-4,6-7,11-12,14,17,21,25,30H,5,8-10,13,22H2,1H3,(H,26,27)(H,28,29). The topological polar surface area (TPSA) is 150 Å². The number of aliphatic hydroxyl groups excluding tert-OH is 1. The van der Waals surface area contributed by atoms with E-state index in [1.165, 1.54) is 0 Å². The van der Waals surface area contributed by atoms with Crippen molar-refractivity contribution in [1.29, 1.82) is 0 Å². The van der Waals surface area contributed by atoms with Gasteiger partial charge in [-0.1, -0.05) is 24.3 Å². The van der Waals surface area contributed by atoms with Crippen molar-refractivity contribution in [2.75, 3.05) is 6.54 Å². The lowest BCUT2D eigenvalue weighted by Crippen LogP contribution is -2.52. The molecule has 1 aromatic carbocycles. The molecule has 6 N–H and O–H groups in total. The van der Waals surface area contributed by atoms with Crippen LogP contribution in [0.4, 0.5) is 0 Å². The number of rotatable bonds is 12. The third kappa shape index (κ3) is 8.24. The first kappa shape index (κ1) is 23.4. The largest absolute Gasteiger partial charge is 0.481 e. The minimum absolute atomic E-state index is 0.111. The maximum atomic E-state index is 12.4. The van der Waals surface area contributed by atoms with Gasteiger partial charge in [-0.15, -0.1) is 0 Å². The van der Waals surface area contributed by atoms with Crippen molar-refractivity contribution in [3.05, 3.63) is 48.3 Å². The number of nitrogens with one attached hydrogen (secondary N) is 2. The molecule has 2 rings (SSSR count). The van der Waals surface area contributed by atoms with E-state index >= 15 is 0 Å². The van der Waals surface area contributed by atoms with Crippen molar-refractivity contribution in [2.45, 2.75) is 50.9 Å². The summed E-state index contributed by atoms with van der Waals surface area (Å²) in [5.74, 6) is -0.616. The zero-order chi connectivity index (χ0) is 21.9. The Kier molecular flexibility index (Phi) is 9.33. The number of aliphatic carboxylic acids is 1. The third-order valence-electron chi connectivity index (χ3n) is 4.46. The van der Waals surface area contributed by atoms with Crippen LogP contribution in [-0.2, 0) is 16.0 Å². The van der Waals surface area contributed by atoms with Gasteiger partial charge >= 0.3 is 5.97 Å². The fourth-order valence-corrected chi connectivity index (χ4v) is 2.84. The second kappa shape index (κ2) is 12.0. The Labute approximate surface area is 175 Å². The molecule has 1 heterocycles. The highest BCUT2D eigenvalue weighted by Crippen LogP contribution is 2.15. The molecule has 0 fully saturated rings. The molecule has 30 heavy (non-hydrogen) atoms. The van der Waals surface area contributed by atoms with E-state index in [1.54, 1.807) is 25.4 Å². The van der Waals surface area contributed by atoms with Crippen molar-refractivity contribution in [2.24, 2.45) is 5.73 Å². The summed E-state index contributed by atoms with van der Waals surface area (Å²) in [4.78, 5) is 31.6. The van der Waals surface area contributed by atoms with Crippen molar-refractivity contribution in [1.82, 2.24) is 20.6 Å². The fraction of sp³-hybridized carbons (Fsp3) is 0.429. The SMILES string of the molecule is CC(N)CNC(O)C(CCC(=O)O)NC(=O)CCc1ccc(-c2ncccn2)cc1. The average molecular weight is 415 g/mol. The van der Waals surface area contributed by atoms with Gasteiger partial charge in [0, 0.05) is 43.4 Å². The van der Waals surface area contributed by atoms with E-state index in [1.807, 2.05) is 24.3 Å². The number of carbonyl (C=O) groups is 2. The number of carboxylic acid groups (broad SMARTS) is 1. The molecule has 1 aromatic heterocycles. The number of aromatic nitrogens is 2. The number of nitrogens with zero attached hydrogens (tertiary/aromatic N) is 2. The molecule has 0 aliphatic carbocycles. The first-order valence-electron chi connectivity index (χ1n) is 9.89. The van der Waals surface area contributed by atoms with Gasteiger partial charge in [0.25, 0.3) is 0 Å². The lowest BCUT2D eigenvalue weighted by Gasteiger charge is -2.25. The van der Waals surface area contributed by atoms with E-state index in [2.05, 4.69) is 20.6 Å². The molecule has 3 atom stereocenters. The summed E-state index contributed by atoms with van der Waals surface area (Å²) in [6.07, 6.45) is 2.95.